The Morgan fingerprint density at radius 3 is 2.32 bits per heavy atom. The molecule has 0 heterocycles. The van der Waals surface area contributed by atoms with Crippen LogP contribution in [0.4, 0.5) is 4.79 Å². The molecule has 7 nitrogen and oxygen atoms in total. The Morgan fingerprint density at radius 1 is 1.03 bits per heavy atom. The number of alkyl carbamates (subject to hydrolysis) is 1. The van der Waals surface area contributed by atoms with Crippen LogP contribution in [-0.4, -0.2) is 59.5 Å². The first-order valence-electron chi connectivity index (χ1n) is 14.2. The summed E-state index contributed by atoms with van der Waals surface area (Å²) in [7, 11) is 0. The summed E-state index contributed by atoms with van der Waals surface area (Å²) in [6.07, 6.45) is 8.66. The molecule has 216 valence electrons. The normalized spacial score (nSPS) is 12.9. The van der Waals surface area contributed by atoms with Crippen molar-refractivity contribution >= 4 is 29.7 Å². The van der Waals surface area contributed by atoms with Crippen molar-refractivity contribution in [3.8, 4) is 0 Å². The predicted octanol–water partition coefficient (Wildman–Crippen LogP) is 6.40. The molecule has 1 aromatic carbocycles. The van der Waals surface area contributed by atoms with Gasteiger partial charge in [-0.2, -0.15) is 11.8 Å². The molecule has 0 aliphatic heterocycles. The Balaban J connectivity index is 3.39. The SMILES string of the molecule is CCCCCCN(C(=O)C(CCSC)NC(=O)OC(C)(C)C)C(C(=O)NCCCCC)c1cccc(C)c1. The standard InChI is InChI=1S/C30H51N3O4S/c1-8-10-12-14-20-33(28(35)25(18-21-38-7)32-29(36)37-30(4,5)6)26(24-17-15-16-23(3)22-24)27(34)31-19-13-11-9-2/h15-17,22,25-26H,8-14,18-21H2,1-7H3,(H,31,34)(H,32,36). The number of hydrogen-bond donors (Lipinski definition) is 2. The summed E-state index contributed by atoms with van der Waals surface area (Å²) in [4.78, 5) is 42.2. The molecule has 0 aromatic heterocycles. The van der Waals surface area contributed by atoms with Gasteiger partial charge in [-0.1, -0.05) is 75.8 Å². The Bertz CT molecular complexity index is 856. The van der Waals surface area contributed by atoms with Crippen LogP contribution in [0, 0.1) is 6.92 Å². The fourth-order valence-corrected chi connectivity index (χ4v) is 4.69. The fourth-order valence-electron chi connectivity index (χ4n) is 4.21. The third-order valence-corrected chi connectivity index (χ3v) is 6.78. The lowest BCUT2D eigenvalue weighted by molar-refractivity contribution is -0.142. The average Bonchev–Trinajstić information content (AvgIpc) is 2.84. The van der Waals surface area contributed by atoms with Gasteiger partial charge >= 0.3 is 6.09 Å². The molecule has 8 heteroatoms. The molecule has 0 radical (unpaired) electrons. The van der Waals surface area contributed by atoms with E-state index in [-0.39, 0.29) is 11.8 Å². The highest BCUT2D eigenvalue weighted by atomic mass is 32.2. The van der Waals surface area contributed by atoms with Crippen LogP contribution in [0.25, 0.3) is 0 Å². The zero-order valence-electron chi connectivity index (χ0n) is 24.7. The van der Waals surface area contributed by atoms with E-state index >= 15 is 0 Å². The number of aryl methyl sites for hydroxylation is 1. The summed E-state index contributed by atoms with van der Waals surface area (Å²) in [5.41, 5.74) is 1.12. The lowest BCUT2D eigenvalue weighted by Crippen LogP contribution is -2.53. The molecule has 0 bridgehead atoms. The van der Waals surface area contributed by atoms with Crippen molar-refractivity contribution in [3.05, 3.63) is 35.4 Å². The maximum Gasteiger partial charge on any atom is 0.408 e. The largest absolute Gasteiger partial charge is 0.444 e. The van der Waals surface area contributed by atoms with Crippen molar-refractivity contribution in [2.24, 2.45) is 0 Å². The van der Waals surface area contributed by atoms with Crippen molar-refractivity contribution in [1.29, 1.82) is 0 Å². The van der Waals surface area contributed by atoms with Crippen LogP contribution in [0.3, 0.4) is 0 Å². The second-order valence-electron chi connectivity index (χ2n) is 10.9. The molecule has 0 saturated carbocycles. The molecule has 1 rings (SSSR count). The molecule has 1 aromatic rings. The molecular formula is C30H51N3O4S. The number of thioether (sulfide) groups is 1. The minimum Gasteiger partial charge on any atom is -0.444 e. The summed E-state index contributed by atoms with van der Waals surface area (Å²) in [5.74, 6) is 0.252. The van der Waals surface area contributed by atoms with Gasteiger partial charge in [0.2, 0.25) is 11.8 Å². The van der Waals surface area contributed by atoms with E-state index in [2.05, 4.69) is 24.5 Å². The van der Waals surface area contributed by atoms with Crippen LogP contribution < -0.4 is 10.6 Å². The van der Waals surface area contributed by atoms with Gasteiger partial charge in [-0.25, -0.2) is 4.79 Å². The quantitative estimate of drug-likeness (QED) is 0.220. The average molecular weight is 550 g/mol. The van der Waals surface area contributed by atoms with Crippen LogP contribution >= 0.6 is 11.8 Å². The van der Waals surface area contributed by atoms with E-state index in [0.717, 1.165) is 56.1 Å². The maximum atomic E-state index is 14.2. The fraction of sp³-hybridized carbons (Fsp3) is 0.700. The summed E-state index contributed by atoms with van der Waals surface area (Å²) in [6.45, 7) is 12.6. The number of benzene rings is 1. The second-order valence-corrected chi connectivity index (χ2v) is 11.9. The number of amides is 3. The minimum atomic E-state index is -0.788. The Hall–Kier alpha value is -2.22. The van der Waals surface area contributed by atoms with Crippen molar-refractivity contribution < 1.29 is 19.1 Å². The van der Waals surface area contributed by atoms with Gasteiger partial charge in [-0.05, 0) is 64.5 Å². The predicted molar refractivity (Wildman–Crippen MR) is 158 cm³/mol. The van der Waals surface area contributed by atoms with Gasteiger partial charge in [-0.3, -0.25) is 9.59 Å². The molecule has 0 saturated heterocycles. The third-order valence-electron chi connectivity index (χ3n) is 6.13. The molecular weight excluding hydrogens is 498 g/mol. The van der Waals surface area contributed by atoms with E-state index in [1.54, 1.807) is 37.4 Å². The topological polar surface area (TPSA) is 87.7 Å². The number of nitrogens with zero attached hydrogens (tertiary/aromatic N) is 1. The van der Waals surface area contributed by atoms with E-state index < -0.39 is 23.8 Å². The van der Waals surface area contributed by atoms with Gasteiger partial charge in [-0.15, -0.1) is 0 Å². The number of carbonyl (C=O) groups excluding carboxylic acids is 3. The minimum absolute atomic E-state index is 0.184. The van der Waals surface area contributed by atoms with Crippen LogP contribution in [0.2, 0.25) is 0 Å². The van der Waals surface area contributed by atoms with E-state index in [4.69, 9.17) is 4.74 Å². The summed E-state index contributed by atoms with van der Waals surface area (Å²) in [6, 6.07) is 6.23. The van der Waals surface area contributed by atoms with Crippen LogP contribution in [0.5, 0.6) is 0 Å². The molecule has 2 atom stereocenters. The van der Waals surface area contributed by atoms with Crippen LogP contribution in [-0.2, 0) is 14.3 Å². The number of hydrogen-bond acceptors (Lipinski definition) is 5. The van der Waals surface area contributed by atoms with Gasteiger partial charge in [0.1, 0.15) is 17.7 Å². The van der Waals surface area contributed by atoms with E-state index in [1.165, 1.54) is 0 Å². The highest BCUT2D eigenvalue weighted by Gasteiger charge is 2.35. The van der Waals surface area contributed by atoms with Crippen molar-refractivity contribution in [2.45, 2.75) is 111 Å². The van der Waals surface area contributed by atoms with Gasteiger partial charge in [0.05, 0.1) is 0 Å². The lowest BCUT2D eigenvalue weighted by atomic mass is 9.99. The smallest absolute Gasteiger partial charge is 0.408 e. The molecule has 0 aliphatic rings. The van der Waals surface area contributed by atoms with E-state index in [9.17, 15) is 14.4 Å². The summed E-state index contributed by atoms with van der Waals surface area (Å²) in [5, 5.41) is 5.89. The Morgan fingerprint density at radius 2 is 1.71 bits per heavy atom. The molecule has 38 heavy (non-hydrogen) atoms. The zero-order valence-corrected chi connectivity index (χ0v) is 25.5. The monoisotopic (exact) mass is 549 g/mol. The van der Waals surface area contributed by atoms with Gasteiger partial charge in [0.15, 0.2) is 0 Å². The highest BCUT2D eigenvalue weighted by molar-refractivity contribution is 7.98. The van der Waals surface area contributed by atoms with Gasteiger partial charge in [0.25, 0.3) is 0 Å². The molecule has 0 aliphatic carbocycles. The van der Waals surface area contributed by atoms with Gasteiger partial charge in [0, 0.05) is 13.1 Å². The van der Waals surface area contributed by atoms with Crippen molar-refractivity contribution in [1.82, 2.24) is 15.5 Å². The molecule has 2 N–H and O–H groups in total. The first-order valence-corrected chi connectivity index (χ1v) is 15.6. The number of nitrogens with one attached hydrogen (secondary N) is 2. The number of rotatable bonds is 17. The third kappa shape index (κ3) is 13.0. The van der Waals surface area contributed by atoms with E-state index in [0.29, 0.717) is 25.3 Å². The first-order chi connectivity index (χ1) is 18.0. The molecule has 0 spiro atoms. The van der Waals surface area contributed by atoms with E-state index in [1.807, 2.05) is 37.4 Å². The molecule has 3 amide bonds. The number of unbranched alkanes of at least 4 members (excludes halogenated alkanes) is 5. The van der Waals surface area contributed by atoms with Crippen molar-refractivity contribution in [2.75, 3.05) is 25.1 Å². The molecule has 2 unspecified atom stereocenters. The Kier molecular flexibility index (Phi) is 16.1. The molecule has 0 fully saturated rings. The number of carbonyl (C=O) groups is 3. The second kappa shape index (κ2) is 18.1. The Labute approximate surface area is 235 Å². The zero-order chi connectivity index (χ0) is 28.6. The summed E-state index contributed by atoms with van der Waals surface area (Å²) >= 11 is 1.61. The first kappa shape index (κ1) is 33.8. The number of ether oxygens (including phenoxy) is 1. The summed E-state index contributed by atoms with van der Waals surface area (Å²) < 4.78 is 5.47. The highest BCUT2D eigenvalue weighted by Crippen LogP contribution is 2.25. The lowest BCUT2D eigenvalue weighted by Gasteiger charge is -2.35. The van der Waals surface area contributed by atoms with Crippen LogP contribution in [0.1, 0.15) is 103 Å². The van der Waals surface area contributed by atoms with Crippen LogP contribution in [0.15, 0.2) is 24.3 Å². The van der Waals surface area contributed by atoms with Crippen molar-refractivity contribution in [3.63, 3.8) is 0 Å². The maximum absolute atomic E-state index is 14.2. The van der Waals surface area contributed by atoms with Gasteiger partial charge < -0.3 is 20.3 Å².